The van der Waals surface area contributed by atoms with E-state index in [4.69, 9.17) is 28.4 Å². The van der Waals surface area contributed by atoms with Gasteiger partial charge < -0.3 is 33.3 Å². The molecule has 0 aliphatic carbocycles. The Bertz CT molecular complexity index is 1190. The maximum absolute atomic E-state index is 13.5. The lowest BCUT2D eigenvalue weighted by molar-refractivity contribution is -0.171. The Morgan fingerprint density at radius 3 is 0.970 bits per heavy atom. The van der Waals surface area contributed by atoms with Gasteiger partial charge in [-0.3, -0.25) is 28.8 Å². The first kappa shape index (κ1) is 63.8. The van der Waals surface area contributed by atoms with Crippen LogP contribution in [0.25, 0.3) is 0 Å². The molecule has 13 heteroatoms. The molecule has 0 fully saturated rings. The number of unbranched alkanes of at least 4 members (excludes halogenated alkanes) is 18. The predicted octanol–water partition coefficient (Wildman–Crippen LogP) is 12.4. The Morgan fingerprint density at radius 1 is 0.358 bits per heavy atom. The van der Waals surface area contributed by atoms with Crippen LogP contribution in [-0.2, 0) is 57.2 Å². The van der Waals surface area contributed by atoms with Crippen LogP contribution in [0.4, 0.5) is 0 Å². The van der Waals surface area contributed by atoms with Crippen molar-refractivity contribution in [1.82, 2.24) is 4.90 Å². The highest BCUT2D eigenvalue weighted by molar-refractivity contribution is 5.71. The SMILES string of the molecule is CCCCCC(CCCCC)CC(=O)OCC(COC(=O)CCCCCCCCCCC(=O)OCCC)(COC(=O)CCCCCCCCCCC(=O)OCCC)COC(=O)CCCN(C)C. The van der Waals surface area contributed by atoms with E-state index in [0.29, 0.717) is 51.9 Å². The van der Waals surface area contributed by atoms with Gasteiger partial charge in [-0.15, -0.1) is 0 Å². The Kier molecular flexibility index (Phi) is 43.1. The number of carbonyl (C=O) groups is 6. The summed E-state index contributed by atoms with van der Waals surface area (Å²) < 4.78 is 33.7. The molecule has 0 atom stereocenters. The summed E-state index contributed by atoms with van der Waals surface area (Å²) in [5.41, 5.74) is -1.28. The van der Waals surface area contributed by atoms with Gasteiger partial charge in [-0.05, 0) is 84.3 Å². The van der Waals surface area contributed by atoms with Crippen LogP contribution in [0, 0.1) is 11.3 Å². The molecule has 0 aromatic heterocycles. The molecule has 0 aromatic carbocycles. The van der Waals surface area contributed by atoms with E-state index >= 15 is 0 Å². The van der Waals surface area contributed by atoms with Gasteiger partial charge in [0.2, 0.25) is 0 Å². The van der Waals surface area contributed by atoms with E-state index in [1.807, 2.05) is 32.8 Å². The van der Waals surface area contributed by atoms with Crippen molar-refractivity contribution in [2.45, 2.75) is 240 Å². The molecule has 13 nitrogen and oxygen atoms in total. The maximum atomic E-state index is 13.5. The van der Waals surface area contributed by atoms with E-state index in [1.54, 1.807) is 0 Å². The summed E-state index contributed by atoms with van der Waals surface area (Å²) in [5.74, 6) is -1.64. The van der Waals surface area contributed by atoms with Crippen LogP contribution in [0.1, 0.15) is 240 Å². The lowest BCUT2D eigenvalue weighted by atomic mass is 9.91. The van der Waals surface area contributed by atoms with E-state index in [1.165, 1.54) is 0 Å². The fourth-order valence-corrected chi connectivity index (χ4v) is 7.72. The highest BCUT2D eigenvalue weighted by Gasteiger charge is 2.38. The molecule has 0 aliphatic rings. The Morgan fingerprint density at radius 2 is 0.657 bits per heavy atom. The van der Waals surface area contributed by atoms with Gasteiger partial charge in [0, 0.05) is 38.5 Å². The minimum Gasteiger partial charge on any atom is -0.466 e. The summed E-state index contributed by atoms with van der Waals surface area (Å²) >= 11 is 0. The first-order valence-electron chi connectivity index (χ1n) is 27.0. The van der Waals surface area contributed by atoms with Crippen molar-refractivity contribution in [3.8, 4) is 0 Å². The van der Waals surface area contributed by atoms with Crippen molar-refractivity contribution in [1.29, 1.82) is 0 Å². The molecule has 0 N–H and O–H groups in total. The average Bonchev–Trinajstić information content (AvgIpc) is 3.30. The molecule has 0 amide bonds. The molecule has 0 aliphatic heterocycles. The van der Waals surface area contributed by atoms with Crippen molar-refractivity contribution in [3.05, 3.63) is 0 Å². The Labute approximate surface area is 407 Å². The molecule has 0 saturated carbocycles. The van der Waals surface area contributed by atoms with Crippen molar-refractivity contribution >= 4 is 35.8 Å². The molecule has 0 unspecified atom stereocenters. The molecule has 0 spiro atoms. The zero-order chi connectivity index (χ0) is 49.6. The van der Waals surface area contributed by atoms with Crippen molar-refractivity contribution in [2.75, 3.05) is 60.3 Å². The quantitative estimate of drug-likeness (QED) is 0.0322. The second-order valence-electron chi connectivity index (χ2n) is 19.2. The molecule has 0 aromatic rings. The van der Waals surface area contributed by atoms with Gasteiger partial charge >= 0.3 is 35.8 Å². The third-order valence-corrected chi connectivity index (χ3v) is 12.0. The topological polar surface area (TPSA) is 161 Å². The fraction of sp³-hybridized carbons (Fsp3) is 0.889. The van der Waals surface area contributed by atoms with E-state index in [-0.39, 0.29) is 75.9 Å². The highest BCUT2D eigenvalue weighted by atomic mass is 16.6. The number of esters is 6. The molecule has 392 valence electrons. The predicted molar refractivity (Wildman–Crippen MR) is 265 cm³/mol. The molecule has 67 heavy (non-hydrogen) atoms. The van der Waals surface area contributed by atoms with Gasteiger partial charge in [-0.25, -0.2) is 0 Å². The number of carbonyl (C=O) groups excluding carboxylic acids is 6. The lowest BCUT2D eigenvalue weighted by Crippen LogP contribution is -2.44. The van der Waals surface area contributed by atoms with Crippen molar-refractivity contribution in [3.63, 3.8) is 0 Å². The van der Waals surface area contributed by atoms with Gasteiger partial charge in [0.05, 0.1) is 13.2 Å². The summed E-state index contributed by atoms with van der Waals surface area (Å²) in [5, 5.41) is 0. The van der Waals surface area contributed by atoms with E-state index in [0.717, 1.165) is 154 Å². The fourth-order valence-electron chi connectivity index (χ4n) is 7.72. The average molecular weight is 954 g/mol. The first-order chi connectivity index (χ1) is 32.4. The maximum Gasteiger partial charge on any atom is 0.306 e. The van der Waals surface area contributed by atoms with E-state index in [9.17, 15) is 28.8 Å². The van der Waals surface area contributed by atoms with E-state index in [2.05, 4.69) is 13.8 Å². The van der Waals surface area contributed by atoms with Gasteiger partial charge in [-0.1, -0.05) is 143 Å². The molecule has 0 bridgehead atoms. The van der Waals surface area contributed by atoms with Crippen molar-refractivity contribution < 1.29 is 57.2 Å². The van der Waals surface area contributed by atoms with Crippen LogP contribution in [-0.4, -0.2) is 101 Å². The Hall–Kier alpha value is -3.22. The molecule has 0 rings (SSSR count). The van der Waals surface area contributed by atoms with Gasteiger partial charge in [0.15, 0.2) is 0 Å². The second kappa shape index (κ2) is 45.2. The number of nitrogens with zero attached hydrogens (tertiary/aromatic N) is 1. The summed E-state index contributed by atoms with van der Waals surface area (Å²) in [4.78, 5) is 78.3. The van der Waals surface area contributed by atoms with Crippen LogP contribution in [0.2, 0.25) is 0 Å². The first-order valence-corrected chi connectivity index (χ1v) is 27.0. The number of hydrogen-bond acceptors (Lipinski definition) is 13. The van der Waals surface area contributed by atoms with Crippen LogP contribution in [0.3, 0.4) is 0 Å². The number of rotatable bonds is 48. The Balaban J connectivity index is 5.56. The lowest BCUT2D eigenvalue weighted by Gasteiger charge is -2.32. The summed E-state index contributed by atoms with van der Waals surface area (Å²) in [6.45, 7) is 9.03. The van der Waals surface area contributed by atoms with Crippen molar-refractivity contribution in [2.24, 2.45) is 11.3 Å². The summed E-state index contributed by atoms with van der Waals surface area (Å²) in [6, 6.07) is 0. The molecular weight excluding hydrogens is 855 g/mol. The van der Waals surface area contributed by atoms with E-state index < -0.39 is 23.3 Å². The molecule has 0 radical (unpaired) electrons. The smallest absolute Gasteiger partial charge is 0.306 e. The van der Waals surface area contributed by atoms with Gasteiger partial charge in [-0.2, -0.15) is 0 Å². The zero-order valence-corrected chi connectivity index (χ0v) is 43.7. The van der Waals surface area contributed by atoms with Crippen LogP contribution in [0.5, 0.6) is 0 Å². The second-order valence-corrected chi connectivity index (χ2v) is 19.2. The summed E-state index contributed by atoms with van der Waals surface area (Å²) in [6.07, 6.45) is 27.6. The number of hydrogen-bond donors (Lipinski definition) is 0. The third kappa shape index (κ3) is 41.5. The molecule has 0 heterocycles. The monoisotopic (exact) mass is 954 g/mol. The van der Waals surface area contributed by atoms with Crippen LogP contribution >= 0.6 is 0 Å². The molecule has 0 saturated heterocycles. The van der Waals surface area contributed by atoms with Gasteiger partial charge in [0.1, 0.15) is 31.8 Å². The standard InChI is InChI=1S/C54H99NO12/c1-7-11-25-32-47(33-26-12-8-2)42-53(61)67-46-54(45-66-52(60)38-31-39-55(5)6,43-64-50(58)36-29-23-19-15-13-17-21-27-34-48(56)62-40-9-3)44-65-51(59)37-30-24-20-16-14-18-22-28-35-49(57)63-41-10-4/h47H,7-46H2,1-6H3. The third-order valence-electron chi connectivity index (χ3n) is 12.0. The minimum absolute atomic E-state index is 0.120. The summed E-state index contributed by atoms with van der Waals surface area (Å²) in [7, 11) is 3.87. The minimum atomic E-state index is -1.28. The highest BCUT2D eigenvalue weighted by Crippen LogP contribution is 2.26. The van der Waals surface area contributed by atoms with Gasteiger partial charge in [0.25, 0.3) is 0 Å². The van der Waals surface area contributed by atoms with Crippen LogP contribution < -0.4 is 0 Å². The normalized spacial score (nSPS) is 11.5. The zero-order valence-electron chi connectivity index (χ0n) is 43.7. The largest absolute Gasteiger partial charge is 0.466 e. The number of ether oxygens (including phenoxy) is 6. The molecular formula is C54H99NO12. The van der Waals surface area contributed by atoms with Crippen LogP contribution in [0.15, 0.2) is 0 Å².